The van der Waals surface area contributed by atoms with E-state index in [2.05, 4.69) is 63.4 Å². The molecule has 0 atom stereocenters. The number of hydrogen-bond acceptors (Lipinski definition) is 12. The molecule has 0 rings (SSSR count). The minimum Gasteiger partial charge on any atom is -0.313 e. The monoisotopic (exact) mass is 596 g/mol. The maximum absolute atomic E-state index is 8.88. The average molecular weight is 597 g/mol. The van der Waals surface area contributed by atoms with Crippen LogP contribution in [-0.4, -0.2) is 35.0 Å². The van der Waals surface area contributed by atoms with Gasteiger partial charge in [-0.1, -0.05) is 110 Å². The Labute approximate surface area is 231 Å². The van der Waals surface area contributed by atoms with Crippen LogP contribution in [0.3, 0.4) is 0 Å². The zero-order valence-electron chi connectivity index (χ0n) is 23.3. The van der Waals surface area contributed by atoms with Gasteiger partial charge >= 0.3 is 7.82 Å². The van der Waals surface area contributed by atoms with Gasteiger partial charge in [-0.05, 0) is 41.7 Å². The van der Waals surface area contributed by atoms with Crippen molar-refractivity contribution in [3.8, 4) is 0 Å². The molecule has 0 fully saturated rings. The molecule has 0 aliphatic carbocycles. The lowest BCUT2D eigenvalue weighted by Crippen LogP contribution is -2.04. The molecule has 16 heteroatoms. The SMILES string of the molecule is C=C(CCOOOOOOOOCCCCCCCCCCCCCCCCCC)OOOC.O=P(O)(O)O. The Morgan fingerprint density at radius 2 is 0.949 bits per heavy atom. The van der Waals surface area contributed by atoms with Gasteiger partial charge in [0.15, 0.2) is 0 Å². The molecule has 0 radical (unpaired) electrons. The Kier molecular flexibility index (Phi) is 34.6. The summed E-state index contributed by atoms with van der Waals surface area (Å²) in [7, 11) is -3.35. The van der Waals surface area contributed by atoms with Crippen LogP contribution in [0.1, 0.15) is 116 Å². The van der Waals surface area contributed by atoms with Crippen LogP contribution in [-0.2, 0) is 59.4 Å². The topological polar surface area (TPSA) is 179 Å². The number of phosphoric acid groups is 1. The summed E-state index contributed by atoms with van der Waals surface area (Å²) < 4.78 is 8.88. The Hall–Kier alpha value is -0.750. The highest BCUT2D eigenvalue weighted by Crippen LogP contribution is 2.25. The summed E-state index contributed by atoms with van der Waals surface area (Å²) >= 11 is 0. The molecular formula is C23H49O15P. The standard InChI is InChI=1S/C23H46O11.H3O4P/c1-4-5-6-7-8-9-10-11-12-13-14-15-16-17-18-19-21-25-29-31-33-34-32-30-26-22-20-23(2)27-28-24-3;1-5(2,3)4/h2,4-22H2,1,3H3;(H3,1,2,3,4). The first-order valence-electron chi connectivity index (χ1n) is 13.4. The van der Waals surface area contributed by atoms with Gasteiger partial charge in [0.25, 0.3) is 0 Å². The molecule has 0 aliphatic rings. The molecule has 0 aromatic heterocycles. The smallest absolute Gasteiger partial charge is 0.313 e. The van der Waals surface area contributed by atoms with E-state index in [9.17, 15) is 0 Å². The first-order valence-corrected chi connectivity index (χ1v) is 15.0. The van der Waals surface area contributed by atoms with Gasteiger partial charge in [-0.2, -0.15) is 4.89 Å². The lowest BCUT2D eigenvalue weighted by molar-refractivity contribution is -0.813. The highest BCUT2D eigenvalue weighted by Gasteiger charge is 2.01. The second kappa shape index (κ2) is 33.5. The van der Waals surface area contributed by atoms with Crippen LogP contribution in [0.15, 0.2) is 12.3 Å². The Balaban J connectivity index is 0. The van der Waals surface area contributed by atoms with E-state index in [1.54, 1.807) is 0 Å². The van der Waals surface area contributed by atoms with E-state index < -0.39 is 7.82 Å². The van der Waals surface area contributed by atoms with Gasteiger partial charge in [-0.3, -0.25) is 0 Å². The van der Waals surface area contributed by atoms with Crippen molar-refractivity contribution >= 4 is 7.82 Å². The number of unbranched alkanes of at least 4 members (excludes halogenated alkanes) is 15. The molecule has 0 spiro atoms. The Morgan fingerprint density at radius 1 is 0.590 bits per heavy atom. The van der Waals surface area contributed by atoms with Crippen LogP contribution in [0.25, 0.3) is 0 Å². The van der Waals surface area contributed by atoms with Gasteiger partial charge in [0.05, 0.1) is 20.3 Å². The third kappa shape index (κ3) is 47.4. The molecule has 39 heavy (non-hydrogen) atoms. The van der Waals surface area contributed by atoms with Crippen molar-refractivity contribution in [1.29, 1.82) is 0 Å². The first kappa shape index (κ1) is 40.4. The third-order valence-electron chi connectivity index (χ3n) is 5.00. The van der Waals surface area contributed by atoms with E-state index in [1.807, 2.05) is 0 Å². The molecule has 15 nitrogen and oxygen atoms in total. The summed E-state index contributed by atoms with van der Waals surface area (Å²) in [6.45, 7) is 6.19. The van der Waals surface area contributed by atoms with E-state index in [-0.39, 0.29) is 18.8 Å². The summed E-state index contributed by atoms with van der Waals surface area (Å²) in [5, 5.41) is 28.7. The van der Waals surface area contributed by atoms with E-state index in [0.29, 0.717) is 6.61 Å². The maximum atomic E-state index is 8.88. The predicted molar refractivity (Wildman–Crippen MR) is 135 cm³/mol. The van der Waals surface area contributed by atoms with Gasteiger partial charge < -0.3 is 19.6 Å². The third-order valence-corrected chi connectivity index (χ3v) is 5.00. The highest BCUT2D eigenvalue weighted by atomic mass is 31.2. The molecule has 236 valence electrons. The quantitative estimate of drug-likeness (QED) is 0.0277. The molecule has 0 unspecified atom stereocenters. The van der Waals surface area contributed by atoms with Crippen molar-refractivity contribution in [1.82, 2.24) is 0 Å². The van der Waals surface area contributed by atoms with Crippen molar-refractivity contribution in [3.63, 3.8) is 0 Å². The summed E-state index contributed by atoms with van der Waals surface area (Å²) in [6, 6.07) is 0. The van der Waals surface area contributed by atoms with E-state index in [1.165, 1.54) is 97.0 Å². The van der Waals surface area contributed by atoms with Crippen LogP contribution in [0.4, 0.5) is 0 Å². The van der Waals surface area contributed by atoms with Gasteiger partial charge in [0.1, 0.15) is 5.76 Å². The lowest BCUT2D eigenvalue weighted by Gasteiger charge is -2.04. The molecule has 0 saturated carbocycles. The second-order valence-corrected chi connectivity index (χ2v) is 9.50. The fraction of sp³-hybridized carbons (Fsp3) is 0.913. The summed E-state index contributed by atoms with van der Waals surface area (Å²) in [4.78, 5) is 39.6. The molecule has 0 aliphatic heterocycles. The van der Waals surface area contributed by atoms with Gasteiger partial charge in [0, 0.05) is 6.42 Å². The van der Waals surface area contributed by atoms with Crippen LogP contribution in [0.5, 0.6) is 0 Å². The molecule has 0 heterocycles. The van der Waals surface area contributed by atoms with Crippen molar-refractivity contribution in [2.45, 2.75) is 116 Å². The zero-order valence-corrected chi connectivity index (χ0v) is 24.2. The molecule has 0 aromatic carbocycles. The van der Waals surface area contributed by atoms with Crippen molar-refractivity contribution in [3.05, 3.63) is 12.3 Å². The summed E-state index contributed by atoms with van der Waals surface area (Å²) in [5.74, 6) is 0.251. The molecule has 0 amide bonds. The normalized spacial score (nSPS) is 11.3. The van der Waals surface area contributed by atoms with Crippen molar-refractivity contribution in [2.75, 3.05) is 20.3 Å². The summed E-state index contributed by atoms with van der Waals surface area (Å²) in [6.07, 6.45) is 21.2. The van der Waals surface area contributed by atoms with Crippen molar-refractivity contribution < 1.29 is 74.1 Å². The lowest BCUT2D eigenvalue weighted by atomic mass is 10.0. The second-order valence-electron chi connectivity index (χ2n) is 8.48. The van der Waals surface area contributed by atoms with Crippen molar-refractivity contribution in [2.24, 2.45) is 0 Å². The van der Waals surface area contributed by atoms with Crippen LogP contribution in [0, 0.1) is 0 Å². The predicted octanol–water partition coefficient (Wildman–Crippen LogP) is 6.27. The minimum absolute atomic E-state index is 0.0368. The fourth-order valence-corrected chi connectivity index (χ4v) is 3.14. The van der Waals surface area contributed by atoms with Gasteiger partial charge in [-0.25, -0.2) is 14.3 Å². The van der Waals surface area contributed by atoms with E-state index in [0.717, 1.165) is 12.8 Å². The Bertz CT molecular complexity index is 527. The van der Waals surface area contributed by atoms with Crippen LogP contribution >= 0.6 is 7.82 Å². The largest absolute Gasteiger partial charge is 0.466 e. The summed E-state index contributed by atoms with van der Waals surface area (Å²) in [5.41, 5.74) is 0. The molecule has 3 N–H and O–H groups in total. The van der Waals surface area contributed by atoms with Crippen LogP contribution in [0.2, 0.25) is 0 Å². The van der Waals surface area contributed by atoms with Gasteiger partial charge in [-0.15, -0.1) is 0 Å². The molecule has 0 bridgehead atoms. The van der Waals surface area contributed by atoms with E-state index in [4.69, 9.17) is 24.1 Å². The molecule has 0 aromatic rings. The van der Waals surface area contributed by atoms with Gasteiger partial charge in [0.2, 0.25) is 0 Å². The molecule has 0 saturated heterocycles. The van der Waals surface area contributed by atoms with E-state index >= 15 is 0 Å². The zero-order chi connectivity index (χ0) is 29.3. The Morgan fingerprint density at radius 3 is 1.36 bits per heavy atom. The average Bonchev–Trinajstić information content (AvgIpc) is 2.88. The number of hydrogen-bond donors (Lipinski definition) is 3. The minimum atomic E-state index is -4.64. The molecular weight excluding hydrogens is 547 g/mol. The first-order chi connectivity index (χ1) is 18.8. The highest BCUT2D eigenvalue weighted by molar-refractivity contribution is 7.45. The number of rotatable bonds is 30. The fourth-order valence-electron chi connectivity index (χ4n) is 3.14. The van der Waals surface area contributed by atoms with Crippen LogP contribution < -0.4 is 0 Å². The maximum Gasteiger partial charge on any atom is 0.466 e.